The quantitative estimate of drug-likeness (QED) is 0.146. The first-order valence-electron chi connectivity index (χ1n) is 14.8. The molecular formula is C36H30ClN3O6. The van der Waals surface area contributed by atoms with Crippen LogP contribution in [-0.2, 0) is 20.9 Å². The Morgan fingerprint density at radius 2 is 1.67 bits per heavy atom. The number of ketones is 1. The molecule has 0 radical (unpaired) electrons. The summed E-state index contributed by atoms with van der Waals surface area (Å²) in [6, 6.07) is 27.7. The predicted molar refractivity (Wildman–Crippen MR) is 174 cm³/mol. The first kappa shape index (κ1) is 30.7. The number of aromatic amines is 1. The van der Waals surface area contributed by atoms with Crippen molar-refractivity contribution < 1.29 is 23.9 Å². The molecule has 0 aliphatic carbocycles. The second-order valence-electron chi connectivity index (χ2n) is 10.9. The first-order chi connectivity index (χ1) is 22.3. The Kier molecular flexibility index (Phi) is 8.68. The van der Waals surface area contributed by atoms with E-state index in [0.717, 1.165) is 5.56 Å². The van der Waals surface area contributed by atoms with Crippen molar-refractivity contribution in [1.29, 1.82) is 0 Å². The maximum atomic E-state index is 14.7. The number of methoxy groups -OCH3 is 1. The molecule has 0 fully saturated rings. The minimum absolute atomic E-state index is 0.0224. The highest BCUT2D eigenvalue weighted by molar-refractivity contribution is 6.31. The van der Waals surface area contributed by atoms with E-state index < -0.39 is 41.0 Å². The van der Waals surface area contributed by atoms with Crippen LogP contribution < -0.4 is 15.2 Å². The standard InChI is InChI=1S/C36H30ClN3O6/c1-3-46-36(44)31(32-34(42)39-27-12-8-7-11-26(27)38-32)30(33(41)22-13-16-24(45-2)17-14-22)29-25-19-23(37)15-18-28(25)40(35(29)43)20-21-9-5-4-6-10-21/h4-19,29-31H,3,20H2,1-2H3,(H,39,42). The molecule has 1 aliphatic heterocycles. The third-order valence-electron chi connectivity index (χ3n) is 8.19. The number of anilines is 1. The number of Topliss-reactive ketones (excluding diaryl/α,β-unsaturated/α-hetero) is 1. The normalized spacial score (nSPS) is 15.3. The summed E-state index contributed by atoms with van der Waals surface area (Å²) in [5.74, 6) is -5.45. The van der Waals surface area contributed by atoms with Crippen molar-refractivity contribution in [3.8, 4) is 5.75 Å². The summed E-state index contributed by atoms with van der Waals surface area (Å²) in [6.45, 7) is 1.82. The van der Waals surface area contributed by atoms with Crippen molar-refractivity contribution in [2.75, 3.05) is 18.6 Å². The largest absolute Gasteiger partial charge is 0.497 e. The van der Waals surface area contributed by atoms with E-state index in [0.29, 0.717) is 33.1 Å². The molecule has 46 heavy (non-hydrogen) atoms. The second-order valence-corrected chi connectivity index (χ2v) is 11.3. The number of halogens is 1. The molecule has 232 valence electrons. The zero-order valence-electron chi connectivity index (χ0n) is 25.1. The van der Waals surface area contributed by atoms with Crippen molar-refractivity contribution in [2.24, 2.45) is 5.92 Å². The number of nitrogens with zero attached hydrogens (tertiary/aromatic N) is 2. The topological polar surface area (TPSA) is 119 Å². The predicted octanol–water partition coefficient (Wildman–Crippen LogP) is 6.06. The fraction of sp³-hybridized carbons (Fsp3) is 0.194. The molecule has 9 nitrogen and oxygen atoms in total. The van der Waals surface area contributed by atoms with Gasteiger partial charge < -0.3 is 19.4 Å². The number of carbonyl (C=O) groups is 3. The maximum absolute atomic E-state index is 14.7. The van der Waals surface area contributed by atoms with Gasteiger partial charge in [-0.15, -0.1) is 0 Å². The number of hydrogen-bond donors (Lipinski definition) is 1. The molecule has 4 aromatic carbocycles. The Hall–Kier alpha value is -5.28. The van der Waals surface area contributed by atoms with Crippen molar-refractivity contribution >= 4 is 46.0 Å². The molecule has 1 amide bonds. The van der Waals surface area contributed by atoms with Crippen LogP contribution in [0.2, 0.25) is 5.02 Å². The van der Waals surface area contributed by atoms with E-state index in [1.807, 2.05) is 30.3 Å². The van der Waals surface area contributed by atoms with Crippen LogP contribution >= 0.6 is 11.6 Å². The zero-order chi connectivity index (χ0) is 32.4. The number of hydrogen-bond acceptors (Lipinski definition) is 7. The summed E-state index contributed by atoms with van der Waals surface area (Å²) in [5, 5.41) is 0.350. The van der Waals surface area contributed by atoms with Gasteiger partial charge in [0, 0.05) is 16.3 Å². The molecule has 0 bridgehead atoms. The third-order valence-corrected chi connectivity index (χ3v) is 8.42. The van der Waals surface area contributed by atoms with Crippen molar-refractivity contribution in [3.05, 3.63) is 135 Å². The highest BCUT2D eigenvalue weighted by Crippen LogP contribution is 2.48. The molecular weight excluding hydrogens is 606 g/mol. The fourth-order valence-electron chi connectivity index (χ4n) is 6.07. The van der Waals surface area contributed by atoms with Crippen LogP contribution in [0.15, 0.2) is 102 Å². The summed E-state index contributed by atoms with van der Waals surface area (Å²) in [5.41, 5.74) is 2.09. The Morgan fingerprint density at radius 3 is 2.39 bits per heavy atom. The molecule has 1 N–H and O–H groups in total. The van der Waals surface area contributed by atoms with Gasteiger partial charge >= 0.3 is 5.97 Å². The minimum Gasteiger partial charge on any atom is -0.497 e. The summed E-state index contributed by atoms with van der Waals surface area (Å²) in [4.78, 5) is 66.0. The van der Waals surface area contributed by atoms with Crippen LogP contribution in [0, 0.1) is 5.92 Å². The van der Waals surface area contributed by atoms with Crippen LogP contribution in [0.3, 0.4) is 0 Å². The number of esters is 1. The van der Waals surface area contributed by atoms with E-state index in [-0.39, 0.29) is 24.4 Å². The number of rotatable bonds is 10. The number of carbonyl (C=O) groups excluding carboxylic acids is 3. The number of fused-ring (bicyclic) bond motifs is 2. The SMILES string of the molecule is CCOC(=O)C(c1nc2ccccc2[nH]c1=O)C(C(=O)c1ccc(OC)cc1)C1C(=O)N(Cc2ccccc2)c2ccc(Cl)cc21. The van der Waals surface area contributed by atoms with E-state index >= 15 is 0 Å². The Morgan fingerprint density at radius 1 is 0.957 bits per heavy atom. The highest BCUT2D eigenvalue weighted by Gasteiger charge is 2.52. The molecule has 0 saturated carbocycles. The third kappa shape index (κ3) is 5.77. The lowest BCUT2D eigenvalue weighted by molar-refractivity contribution is -0.146. The number of ether oxygens (including phenoxy) is 2. The van der Waals surface area contributed by atoms with Gasteiger partial charge in [0.05, 0.1) is 43.1 Å². The molecule has 1 aliphatic rings. The number of H-pyrrole nitrogens is 1. The van der Waals surface area contributed by atoms with E-state index in [1.165, 1.54) is 7.11 Å². The van der Waals surface area contributed by atoms with Crippen LogP contribution in [0.4, 0.5) is 5.69 Å². The van der Waals surface area contributed by atoms with Crippen LogP contribution in [0.5, 0.6) is 5.75 Å². The molecule has 5 aromatic rings. The van der Waals surface area contributed by atoms with Crippen molar-refractivity contribution in [3.63, 3.8) is 0 Å². The van der Waals surface area contributed by atoms with E-state index in [1.54, 1.807) is 78.6 Å². The summed E-state index contributed by atoms with van der Waals surface area (Å²) in [6.07, 6.45) is 0. The van der Waals surface area contributed by atoms with Gasteiger partial charge in [-0.25, -0.2) is 4.98 Å². The Balaban J connectivity index is 1.58. The van der Waals surface area contributed by atoms with Crippen molar-refractivity contribution in [1.82, 2.24) is 9.97 Å². The van der Waals surface area contributed by atoms with Gasteiger partial charge in [0.25, 0.3) is 5.56 Å². The van der Waals surface area contributed by atoms with Gasteiger partial charge in [-0.2, -0.15) is 0 Å². The first-order valence-corrected chi connectivity index (χ1v) is 15.2. The fourth-order valence-corrected chi connectivity index (χ4v) is 6.25. The summed E-state index contributed by atoms with van der Waals surface area (Å²) >= 11 is 6.49. The monoisotopic (exact) mass is 635 g/mol. The molecule has 1 aromatic heterocycles. The van der Waals surface area contributed by atoms with Gasteiger partial charge in [-0.1, -0.05) is 54.1 Å². The van der Waals surface area contributed by atoms with Gasteiger partial charge in [-0.05, 0) is 72.6 Å². The molecule has 0 saturated heterocycles. The van der Waals surface area contributed by atoms with Gasteiger partial charge in [-0.3, -0.25) is 19.2 Å². The number of para-hydroxylation sites is 2. The maximum Gasteiger partial charge on any atom is 0.316 e. The lowest BCUT2D eigenvalue weighted by Gasteiger charge is -2.29. The number of benzene rings is 4. The molecule has 3 atom stereocenters. The highest BCUT2D eigenvalue weighted by atomic mass is 35.5. The van der Waals surface area contributed by atoms with Gasteiger partial charge in [0.15, 0.2) is 5.78 Å². The van der Waals surface area contributed by atoms with E-state index in [2.05, 4.69) is 9.97 Å². The number of nitrogens with one attached hydrogen (secondary N) is 1. The average molecular weight is 636 g/mol. The minimum atomic E-state index is -1.54. The molecule has 6 rings (SSSR count). The molecule has 2 heterocycles. The Labute approximate surface area is 269 Å². The summed E-state index contributed by atoms with van der Waals surface area (Å²) in [7, 11) is 1.51. The zero-order valence-corrected chi connectivity index (χ0v) is 25.9. The molecule has 0 spiro atoms. The molecule has 3 unspecified atom stereocenters. The van der Waals surface area contributed by atoms with Crippen LogP contribution in [0.25, 0.3) is 11.0 Å². The number of amides is 1. The molecule has 10 heteroatoms. The van der Waals surface area contributed by atoms with Crippen LogP contribution in [-0.4, -0.2) is 41.3 Å². The summed E-state index contributed by atoms with van der Waals surface area (Å²) < 4.78 is 10.8. The lowest BCUT2D eigenvalue weighted by Crippen LogP contribution is -2.41. The van der Waals surface area contributed by atoms with Gasteiger partial charge in [0.1, 0.15) is 17.4 Å². The Bertz CT molecular complexity index is 1990. The van der Waals surface area contributed by atoms with Crippen LogP contribution in [0.1, 0.15) is 45.9 Å². The van der Waals surface area contributed by atoms with E-state index in [4.69, 9.17) is 21.1 Å². The van der Waals surface area contributed by atoms with Gasteiger partial charge in [0.2, 0.25) is 5.91 Å². The lowest BCUT2D eigenvalue weighted by atomic mass is 9.73. The number of aromatic nitrogens is 2. The van der Waals surface area contributed by atoms with Crippen molar-refractivity contribution in [2.45, 2.75) is 25.3 Å². The smallest absolute Gasteiger partial charge is 0.316 e. The van der Waals surface area contributed by atoms with E-state index in [9.17, 15) is 19.2 Å². The average Bonchev–Trinajstić information content (AvgIpc) is 3.33. The second kappa shape index (κ2) is 13.0.